The standard InChI is InChI=1S/C10H8FNO/c11-10-4-7(6-13)3-8-1-2-12-5-9(8)10/h1-5,13H,6H2. The van der Waals surface area contributed by atoms with E-state index < -0.39 is 0 Å². The van der Waals surface area contributed by atoms with Crippen LogP contribution in [0, 0.1) is 5.82 Å². The molecule has 0 spiro atoms. The fourth-order valence-corrected chi connectivity index (χ4v) is 1.30. The van der Waals surface area contributed by atoms with Crippen LogP contribution in [0.4, 0.5) is 4.39 Å². The zero-order valence-electron chi connectivity index (χ0n) is 6.87. The van der Waals surface area contributed by atoms with Crippen LogP contribution in [0.5, 0.6) is 0 Å². The van der Waals surface area contributed by atoms with Crippen LogP contribution in [0.15, 0.2) is 30.6 Å². The van der Waals surface area contributed by atoms with E-state index >= 15 is 0 Å². The average Bonchev–Trinajstić information content (AvgIpc) is 2.18. The molecule has 1 N–H and O–H groups in total. The first-order chi connectivity index (χ1) is 6.31. The van der Waals surface area contributed by atoms with E-state index in [2.05, 4.69) is 4.98 Å². The van der Waals surface area contributed by atoms with Crippen molar-refractivity contribution in [2.24, 2.45) is 0 Å². The number of nitrogens with zero attached hydrogens (tertiary/aromatic N) is 1. The van der Waals surface area contributed by atoms with Crippen molar-refractivity contribution >= 4 is 10.8 Å². The number of fused-ring (bicyclic) bond motifs is 1. The molecule has 2 nitrogen and oxygen atoms in total. The predicted molar refractivity (Wildman–Crippen MR) is 47.6 cm³/mol. The summed E-state index contributed by atoms with van der Waals surface area (Å²) in [6.07, 6.45) is 3.08. The number of hydrogen-bond donors (Lipinski definition) is 1. The van der Waals surface area contributed by atoms with Crippen LogP contribution in [-0.4, -0.2) is 10.1 Å². The maximum atomic E-state index is 13.3. The van der Waals surface area contributed by atoms with Crippen molar-refractivity contribution in [3.8, 4) is 0 Å². The molecule has 0 unspecified atom stereocenters. The van der Waals surface area contributed by atoms with Crippen molar-refractivity contribution in [3.63, 3.8) is 0 Å². The average molecular weight is 177 g/mol. The number of aliphatic hydroxyl groups excluding tert-OH is 1. The topological polar surface area (TPSA) is 33.1 Å². The summed E-state index contributed by atoms with van der Waals surface area (Å²) in [6.45, 7) is -0.144. The Morgan fingerprint density at radius 1 is 1.38 bits per heavy atom. The Kier molecular flexibility index (Phi) is 1.94. The third kappa shape index (κ3) is 1.38. The van der Waals surface area contributed by atoms with Gasteiger partial charge in [-0.1, -0.05) is 0 Å². The molecule has 66 valence electrons. The first-order valence-corrected chi connectivity index (χ1v) is 3.94. The first-order valence-electron chi connectivity index (χ1n) is 3.94. The molecule has 0 saturated heterocycles. The van der Waals surface area contributed by atoms with Crippen molar-refractivity contribution in [2.45, 2.75) is 6.61 Å². The van der Waals surface area contributed by atoms with E-state index in [1.165, 1.54) is 12.3 Å². The van der Waals surface area contributed by atoms with Crippen LogP contribution >= 0.6 is 0 Å². The van der Waals surface area contributed by atoms with Gasteiger partial charge in [-0.05, 0) is 29.1 Å². The SMILES string of the molecule is OCc1cc(F)c2cnccc2c1. The van der Waals surface area contributed by atoms with E-state index in [1.54, 1.807) is 18.3 Å². The highest BCUT2D eigenvalue weighted by molar-refractivity contribution is 5.82. The Bertz CT molecular complexity index is 442. The number of pyridine rings is 1. The van der Waals surface area contributed by atoms with Gasteiger partial charge in [-0.2, -0.15) is 0 Å². The van der Waals surface area contributed by atoms with Gasteiger partial charge in [-0.15, -0.1) is 0 Å². The highest BCUT2D eigenvalue weighted by atomic mass is 19.1. The summed E-state index contributed by atoms with van der Waals surface area (Å²) in [4.78, 5) is 3.83. The smallest absolute Gasteiger partial charge is 0.132 e. The van der Waals surface area contributed by atoms with Gasteiger partial charge in [0, 0.05) is 17.8 Å². The van der Waals surface area contributed by atoms with Gasteiger partial charge in [-0.25, -0.2) is 4.39 Å². The lowest BCUT2D eigenvalue weighted by Crippen LogP contribution is -1.87. The molecule has 0 fully saturated rings. The minimum atomic E-state index is -0.338. The van der Waals surface area contributed by atoms with E-state index in [0.29, 0.717) is 10.9 Å². The molecule has 0 aliphatic carbocycles. The van der Waals surface area contributed by atoms with Crippen molar-refractivity contribution < 1.29 is 9.50 Å². The van der Waals surface area contributed by atoms with Crippen molar-refractivity contribution in [1.82, 2.24) is 4.98 Å². The molecule has 2 aromatic rings. The fourth-order valence-electron chi connectivity index (χ4n) is 1.30. The number of benzene rings is 1. The third-order valence-corrected chi connectivity index (χ3v) is 1.95. The van der Waals surface area contributed by atoms with Gasteiger partial charge in [0.25, 0.3) is 0 Å². The van der Waals surface area contributed by atoms with Crippen LogP contribution < -0.4 is 0 Å². The lowest BCUT2D eigenvalue weighted by Gasteiger charge is -2.01. The van der Waals surface area contributed by atoms with Gasteiger partial charge in [0.1, 0.15) is 5.82 Å². The number of hydrogen-bond acceptors (Lipinski definition) is 2. The summed E-state index contributed by atoms with van der Waals surface area (Å²) in [5.74, 6) is -0.338. The summed E-state index contributed by atoms with van der Waals surface area (Å²) in [5, 5.41) is 10.1. The molecule has 0 radical (unpaired) electrons. The maximum absolute atomic E-state index is 13.3. The van der Waals surface area contributed by atoms with E-state index in [1.807, 2.05) is 0 Å². The van der Waals surface area contributed by atoms with Gasteiger partial charge in [-0.3, -0.25) is 4.98 Å². The van der Waals surface area contributed by atoms with Gasteiger partial charge < -0.3 is 5.11 Å². The molecule has 3 heteroatoms. The van der Waals surface area contributed by atoms with Crippen LogP contribution in [0.3, 0.4) is 0 Å². The predicted octanol–water partition coefficient (Wildman–Crippen LogP) is 1.87. The minimum Gasteiger partial charge on any atom is -0.392 e. The molecule has 2 rings (SSSR count). The number of halogens is 1. The molecular weight excluding hydrogens is 169 g/mol. The highest BCUT2D eigenvalue weighted by Gasteiger charge is 2.02. The molecular formula is C10H8FNO. The fraction of sp³-hybridized carbons (Fsp3) is 0.100. The molecule has 0 aliphatic rings. The third-order valence-electron chi connectivity index (χ3n) is 1.95. The summed E-state index contributed by atoms with van der Waals surface area (Å²) in [7, 11) is 0. The van der Waals surface area contributed by atoms with E-state index in [4.69, 9.17) is 5.11 Å². The molecule has 0 aliphatic heterocycles. The largest absolute Gasteiger partial charge is 0.392 e. The van der Waals surface area contributed by atoms with Crippen LogP contribution in [0.25, 0.3) is 10.8 Å². The monoisotopic (exact) mass is 177 g/mol. The van der Waals surface area contributed by atoms with Crippen LogP contribution in [0.2, 0.25) is 0 Å². The number of rotatable bonds is 1. The Labute approximate surface area is 74.7 Å². The summed E-state index contributed by atoms with van der Waals surface area (Å²) in [6, 6.07) is 4.79. The summed E-state index contributed by atoms with van der Waals surface area (Å²) in [5.41, 5.74) is 0.580. The Hall–Kier alpha value is -1.48. The molecule has 0 bridgehead atoms. The van der Waals surface area contributed by atoms with Gasteiger partial charge in [0.15, 0.2) is 0 Å². The van der Waals surface area contributed by atoms with Crippen molar-refractivity contribution in [1.29, 1.82) is 0 Å². The second kappa shape index (κ2) is 3.11. The maximum Gasteiger partial charge on any atom is 0.132 e. The molecule has 0 atom stereocenters. The molecule has 1 aromatic heterocycles. The highest BCUT2D eigenvalue weighted by Crippen LogP contribution is 2.18. The Morgan fingerprint density at radius 3 is 3.00 bits per heavy atom. The Balaban J connectivity index is 2.77. The van der Waals surface area contributed by atoms with Gasteiger partial charge >= 0.3 is 0 Å². The molecule has 1 heterocycles. The molecule has 1 aromatic carbocycles. The van der Waals surface area contributed by atoms with E-state index in [0.717, 1.165) is 5.39 Å². The van der Waals surface area contributed by atoms with Gasteiger partial charge in [0.2, 0.25) is 0 Å². The quantitative estimate of drug-likeness (QED) is 0.721. The molecule has 0 amide bonds. The number of aliphatic hydroxyl groups is 1. The molecule has 0 saturated carbocycles. The summed E-state index contributed by atoms with van der Waals surface area (Å²) >= 11 is 0. The lowest BCUT2D eigenvalue weighted by atomic mass is 10.1. The second-order valence-electron chi connectivity index (χ2n) is 2.83. The summed E-state index contributed by atoms with van der Waals surface area (Å²) < 4.78 is 13.3. The zero-order chi connectivity index (χ0) is 9.26. The minimum absolute atomic E-state index is 0.144. The lowest BCUT2D eigenvalue weighted by molar-refractivity contribution is 0.281. The second-order valence-corrected chi connectivity index (χ2v) is 2.83. The van der Waals surface area contributed by atoms with Crippen molar-refractivity contribution in [3.05, 3.63) is 42.0 Å². The van der Waals surface area contributed by atoms with Gasteiger partial charge in [0.05, 0.1) is 6.61 Å². The van der Waals surface area contributed by atoms with Crippen LogP contribution in [0.1, 0.15) is 5.56 Å². The van der Waals surface area contributed by atoms with Crippen molar-refractivity contribution in [2.75, 3.05) is 0 Å². The first kappa shape index (κ1) is 8.13. The van der Waals surface area contributed by atoms with E-state index in [-0.39, 0.29) is 12.4 Å². The van der Waals surface area contributed by atoms with Crippen LogP contribution in [-0.2, 0) is 6.61 Å². The zero-order valence-corrected chi connectivity index (χ0v) is 6.87. The normalized spacial score (nSPS) is 10.6. The Morgan fingerprint density at radius 2 is 2.23 bits per heavy atom. The number of aromatic nitrogens is 1. The molecule has 13 heavy (non-hydrogen) atoms. The van der Waals surface area contributed by atoms with E-state index in [9.17, 15) is 4.39 Å².